The second kappa shape index (κ2) is 8.49. The number of unbranched alkanes of at least 4 members (excludes halogenated alkanes) is 1. The van der Waals surface area contributed by atoms with Gasteiger partial charge in [0.05, 0.1) is 0 Å². The second-order valence-electron chi connectivity index (χ2n) is 7.42. The van der Waals surface area contributed by atoms with Crippen LogP contribution < -0.4 is 11.1 Å². The Morgan fingerprint density at radius 1 is 1.33 bits per heavy atom. The van der Waals surface area contributed by atoms with Gasteiger partial charge in [-0.25, -0.2) is 4.79 Å². The average Bonchev–Trinajstić information content (AvgIpc) is 2.52. The van der Waals surface area contributed by atoms with E-state index in [4.69, 9.17) is 10.5 Å². The molecule has 1 heterocycles. The van der Waals surface area contributed by atoms with Crippen molar-refractivity contribution in [3.8, 4) is 0 Å². The first-order valence-electron chi connectivity index (χ1n) is 8.88. The monoisotopic (exact) mass is 333 g/mol. The lowest BCUT2D eigenvalue weighted by Crippen LogP contribution is -2.34. The van der Waals surface area contributed by atoms with Crippen molar-refractivity contribution in [2.24, 2.45) is 5.73 Å². The third-order valence-electron chi connectivity index (χ3n) is 4.24. The topological polar surface area (TPSA) is 67.6 Å². The van der Waals surface area contributed by atoms with E-state index in [1.54, 1.807) is 0 Å². The molecule has 2 rings (SSSR count). The average molecular weight is 333 g/mol. The number of ether oxygens (including phenoxy) is 1. The second-order valence-corrected chi connectivity index (χ2v) is 7.42. The first-order chi connectivity index (χ1) is 11.4. The van der Waals surface area contributed by atoms with Crippen LogP contribution in [0.5, 0.6) is 0 Å². The van der Waals surface area contributed by atoms with E-state index in [1.165, 1.54) is 16.7 Å². The van der Waals surface area contributed by atoms with Gasteiger partial charge < -0.3 is 15.8 Å². The van der Waals surface area contributed by atoms with E-state index < -0.39 is 5.60 Å². The van der Waals surface area contributed by atoms with Gasteiger partial charge in [0.2, 0.25) is 0 Å². The van der Waals surface area contributed by atoms with E-state index in [0.717, 1.165) is 38.9 Å². The summed E-state index contributed by atoms with van der Waals surface area (Å²) in [6.45, 7) is 10.0. The van der Waals surface area contributed by atoms with Crippen LogP contribution in [0.3, 0.4) is 0 Å². The van der Waals surface area contributed by atoms with Crippen molar-refractivity contribution < 1.29 is 9.53 Å². The molecule has 1 aliphatic rings. The number of benzene rings is 1. The Labute approximate surface area is 145 Å². The van der Waals surface area contributed by atoms with E-state index >= 15 is 0 Å². The van der Waals surface area contributed by atoms with Gasteiger partial charge in [-0.05, 0) is 63.3 Å². The number of rotatable bonds is 6. The summed E-state index contributed by atoms with van der Waals surface area (Å²) in [6, 6.07) is 6.46. The number of carbonyl (C=O) groups excluding carboxylic acids is 1. The Morgan fingerprint density at radius 2 is 2.12 bits per heavy atom. The number of carbonyl (C=O) groups is 1. The normalized spacial score (nSPS) is 15.0. The van der Waals surface area contributed by atoms with Gasteiger partial charge in [0.1, 0.15) is 5.60 Å². The zero-order valence-electron chi connectivity index (χ0n) is 15.2. The highest BCUT2D eigenvalue weighted by Gasteiger charge is 2.18. The van der Waals surface area contributed by atoms with E-state index in [1.807, 2.05) is 20.8 Å². The van der Waals surface area contributed by atoms with Crippen LogP contribution in [0, 0.1) is 0 Å². The van der Waals surface area contributed by atoms with Gasteiger partial charge in [-0.3, -0.25) is 4.90 Å². The zero-order chi connectivity index (χ0) is 17.6. The lowest BCUT2D eigenvalue weighted by atomic mass is 9.95. The smallest absolute Gasteiger partial charge is 0.407 e. The van der Waals surface area contributed by atoms with Crippen molar-refractivity contribution >= 4 is 6.09 Å². The minimum absolute atomic E-state index is 0.331. The summed E-state index contributed by atoms with van der Waals surface area (Å²) in [7, 11) is 0. The van der Waals surface area contributed by atoms with Crippen LogP contribution in [0.1, 0.15) is 50.3 Å². The SMILES string of the molecule is CC(C)(C)OC(=O)NCCCCN1CCc2cccc(CN)c2C1. The molecule has 1 aliphatic heterocycles. The molecule has 0 bridgehead atoms. The van der Waals surface area contributed by atoms with E-state index in [0.29, 0.717) is 13.1 Å². The van der Waals surface area contributed by atoms with Crippen LogP contribution in [0.15, 0.2) is 18.2 Å². The summed E-state index contributed by atoms with van der Waals surface area (Å²) in [5, 5.41) is 2.81. The Hall–Kier alpha value is -1.59. The van der Waals surface area contributed by atoms with Crippen molar-refractivity contribution in [1.82, 2.24) is 10.2 Å². The number of hydrogen-bond donors (Lipinski definition) is 2. The molecule has 0 aliphatic carbocycles. The Bertz CT molecular complexity index is 538. The maximum atomic E-state index is 11.6. The third-order valence-corrected chi connectivity index (χ3v) is 4.24. The van der Waals surface area contributed by atoms with Crippen LogP contribution in [-0.2, 0) is 24.2 Å². The molecule has 0 saturated carbocycles. The van der Waals surface area contributed by atoms with E-state index in [-0.39, 0.29) is 6.09 Å². The highest BCUT2D eigenvalue weighted by molar-refractivity contribution is 5.67. The van der Waals surface area contributed by atoms with Crippen LogP contribution in [0.25, 0.3) is 0 Å². The van der Waals surface area contributed by atoms with Crippen molar-refractivity contribution in [1.29, 1.82) is 0 Å². The van der Waals surface area contributed by atoms with Gasteiger partial charge in [0, 0.05) is 26.2 Å². The molecule has 5 nitrogen and oxygen atoms in total. The van der Waals surface area contributed by atoms with Crippen LogP contribution in [-0.4, -0.2) is 36.2 Å². The van der Waals surface area contributed by atoms with Gasteiger partial charge in [-0.2, -0.15) is 0 Å². The van der Waals surface area contributed by atoms with Gasteiger partial charge >= 0.3 is 6.09 Å². The van der Waals surface area contributed by atoms with E-state index in [2.05, 4.69) is 28.4 Å². The summed E-state index contributed by atoms with van der Waals surface area (Å²) in [6.07, 6.45) is 2.79. The molecule has 1 aromatic carbocycles. The molecule has 0 radical (unpaired) electrons. The Kier molecular flexibility index (Phi) is 6.63. The summed E-state index contributed by atoms with van der Waals surface area (Å²) in [5.41, 5.74) is 9.55. The number of hydrogen-bond acceptors (Lipinski definition) is 4. The Balaban J connectivity index is 1.68. The summed E-state index contributed by atoms with van der Waals surface area (Å²) < 4.78 is 5.23. The lowest BCUT2D eigenvalue weighted by molar-refractivity contribution is 0.0526. The summed E-state index contributed by atoms with van der Waals surface area (Å²) >= 11 is 0. The predicted molar refractivity (Wildman–Crippen MR) is 96.8 cm³/mol. The summed E-state index contributed by atoms with van der Waals surface area (Å²) in [5.74, 6) is 0. The minimum atomic E-state index is -0.439. The molecule has 5 heteroatoms. The van der Waals surface area contributed by atoms with Crippen molar-refractivity contribution in [3.05, 3.63) is 34.9 Å². The third kappa shape index (κ3) is 5.80. The number of nitrogens with zero attached hydrogens (tertiary/aromatic N) is 1. The molecular formula is C19H31N3O2. The lowest BCUT2D eigenvalue weighted by Gasteiger charge is -2.30. The quantitative estimate of drug-likeness (QED) is 0.786. The minimum Gasteiger partial charge on any atom is -0.444 e. The number of amides is 1. The molecule has 0 spiro atoms. The zero-order valence-corrected chi connectivity index (χ0v) is 15.2. The molecule has 0 atom stereocenters. The highest BCUT2D eigenvalue weighted by atomic mass is 16.6. The largest absolute Gasteiger partial charge is 0.444 e. The van der Waals surface area contributed by atoms with Gasteiger partial charge in [-0.1, -0.05) is 18.2 Å². The fourth-order valence-electron chi connectivity index (χ4n) is 3.05. The fourth-order valence-corrected chi connectivity index (χ4v) is 3.05. The molecule has 134 valence electrons. The van der Waals surface area contributed by atoms with Crippen LogP contribution in [0.4, 0.5) is 4.79 Å². The molecular weight excluding hydrogens is 302 g/mol. The van der Waals surface area contributed by atoms with Gasteiger partial charge in [0.25, 0.3) is 0 Å². The molecule has 1 aromatic rings. The predicted octanol–water partition coefficient (Wildman–Crippen LogP) is 2.81. The first-order valence-corrected chi connectivity index (χ1v) is 8.88. The molecule has 0 aromatic heterocycles. The van der Waals surface area contributed by atoms with Crippen molar-refractivity contribution in [2.45, 2.75) is 58.7 Å². The molecule has 0 unspecified atom stereocenters. The van der Waals surface area contributed by atoms with Crippen molar-refractivity contribution in [2.75, 3.05) is 19.6 Å². The van der Waals surface area contributed by atoms with Crippen LogP contribution in [0.2, 0.25) is 0 Å². The van der Waals surface area contributed by atoms with E-state index in [9.17, 15) is 4.79 Å². The molecule has 24 heavy (non-hydrogen) atoms. The highest BCUT2D eigenvalue weighted by Crippen LogP contribution is 2.22. The number of nitrogens with one attached hydrogen (secondary N) is 1. The number of fused-ring (bicyclic) bond motifs is 1. The van der Waals surface area contributed by atoms with Gasteiger partial charge in [-0.15, -0.1) is 0 Å². The standard InChI is InChI=1S/C19H31N3O2/c1-19(2,3)24-18(23)21-10-4-5-11-22-12-9-15-7-6-8-16(13-20)17(15)14-22/h6-8H,4-5,9-14,20H2,1-3H3,(H,21,23). The maximum Gasteiger partial charge on any atom is 0.407 e. The van der Waals surface area contributed by atoms with Gasteiger partial charge in [0.15, 0.2) is 0 Å². The molecule has 0 fully saturated rings. The molecule has 1 amide bonds. The first kappa shape index (κ1) is 18.7. The number of alkyl carbamates (subject to hydrolysis) is 1. The maximum absolute atomic E-state index is 11.6. The van der Waals surface area contributed by atoms with Crippen molar-refractivity contribution in [3.63, 3.8) is 0 Å². The number of nitrogens with two attached hydrogens (primary N) is 1. The van der Waals surface area contributed by atoms with Crippen LogP contribution >= 0.6 is 0 Å². The Morgan fingerprint density at radius 3 is 2.83 bits per heavy atom. The molecule has 3 N–H and O–H groups in total. The fraction of sp³-hybridized carbons (Fsp3) is 0.632. The summed E-state index contributed by atoms with van der Waals surface area (Å²) in [4.78, 5) is 14.1. The molecule has 0 saturated heterocycles.